The summed E-state index contributed by atoms with van der Waals surface area (Å²) in [6.45, 7) is 6.96. The Labute approximate surface area is 110 Å². The summed E-state index contributed by atoms with van der Waals surface area (Å²) in [6, 6.07) is 1.15. The van der Waals surface area contributed by atoms with Crippen molar-refractivity contribution in [2.75, 3.05) is 0 Å². The van der Waals surface area contributed by atoms with Gasteiger partial charge in [0, 0.05) is 11.3 Å². The van der Waals surface area contributed by atoms with Gasteiger partial charge in [0.1, 0.15) is 0 Å². The fraction of sp³-hybridized carbons (Fsp3) is 0.929. The molecule has 2 fully saturated rings. The minimum absolute atomic E-state index is 0.560. The molecule has 98 valence electrons. The van der Waals surface area contributed by atoms with E-state index in [-0.39, 0.29) is 0 Å². The van der Waals surface area contributed by atoms with Gasteiger partial charge in [0.25, 0.3) is 0 Å². The molecule has 2 rings (SSSR count). The van der Waals surface area contributed by atoms with Crippen molar-refractivity contribution in [3.8, 4) is 0 Å². The Hall–Kier alpha value is -0.180. The Morgan fingerprint density at radius 2 is 1.88 bits per heavy atom. The van der Waals surface area contributed by atoms with E-state index in [1.54, 1.807) is 0 Å². The van der Waals surface area contributed by atoms with Crippen molar-refractivity contribution in [2.24, 2.45) is 10.9 Å². The molecular formula is C14H26N2S. The highest BCUT2D eigenvalue weighted by Crippen LogP contribution is 2.28. The molecular weight excluding hydrogens is 228 g/mol. The second kappa shape index (κ2) is 6.12. The molecule has 1 saturated heterocycles. The van der Waals surface area contributed by atoms with Crippen LogP contribution in [0.15, 0.2) is 4.99 Å². The minimum Gasteiger partial charge on any atom is -0.362 e. The lowest BCUT2D eigenvalue weighted by Gasteiger charge is -2.28. The maximum atomic E-state index is 5.01. The lowest BCUT2D eigenvalue weighted by molar-refractivity contribution is 0.432. The van der Waals surface area contributed by atoms with Gasteiger partial charge < -0.3 is 5.32 Å². The van der Waals surface area contributed by atoms with Gasteiger partial charge >= 0.3 is 0 Å². The monoisotopic (exact) mass is 254 g/mol. The molecule has 4 unspecified atom stereocenters. The molecule has 3 heteroatoms. The van der Waals surface area contributed by atoms with Gasteiger partial charge in [-0.3, -0.25) is 4.99 Å². The second-order valence-corrected chi connectivity index (χ2v) is 7.25. The van der Waals surface area contributed by atoms with Crippen LogP contribution < -0.4 is 5.32 Å². The largest absolute Gasteiger partial charge is 0.362 e. The summed E-state index contributed by atoms with van der Waals surface area (Å²) in [4.78, 5) is 5.01. The van der Waals surface area contributed by atoms with Crippen molar-refractivity contribution < 1.29 is 0 Å². The van der Waals surface area contributed by atoms with Crippen LogP contribution in [0, 0.1) is 5.92 Å². The first-order chi connectivity index (χ1) is 8.15. The van der Waals surface area contributed by atoms with Crippen LogP contribution in [-0.2, 0) is 0 Å². The number of nitrogens with one attached hydrogen (secondary N) is 1. The molecule has 2 nitrogen and oxygen atoms in total. The predicted octanol–water partition coefficient (Wildman–Crippen LogP) is 3.81. The molecule has 0 aromatic rings. The van der Waals surface area contributed by atoms with Gasteiger partial charge in [-0.1, -0.05) is 44.9 Å². The number of amidine groups is 1. The zero-order valence-corrected chi connectivity index (χ0v) is 12.2. The van der Waals surface area contributed by atoms with Crippen LogP contribution in [0.2, 0.25) is 0 Å². The van der Waals surface area contributed by atoms with Crippen LogP contribution in [-0.4, -0.2) is 22.5 Å². The first-order valence-electron chi connectivity index (χ1n) is 7.16. The van der Waals surface area contributed by atoms with E-state index in [0.717, 1.165) is 5.92 Å². The van der Waals surface area contributed by atoms with Gasteiger partial charge in [0.2, 0.25) is 0 Å². The Morgan fingerprint density at radius 1 is 1.12 bits per heavy atom. The molecule has 1 aliphatic heterocycles. The van der Waals surface area contributed by atoms with Crippen molar-refractivity contribution in [1.29, 1.82) is 0 Å². The van der Waals surface area contributed by atoms with E-state index >= 15 is 0 Å². The maximum absolute atomic E-state index is 5.01. The summed E-state index contributed by atoms with van der Waals surface area (Å²) < 4.78 is 0. The van der Waals surface area contributed by atoms with Crippen molar-refractivity contribution in [3.63, 3.8) is 0 Å². The zero-order chi connectivity index (χ0) is 12.3. The highest BCUT2D eigenvalue weighted by molar-refractivity contribution is 8.14. The molecule has 0 radical (unpaired) electrons. The van der Waals surface area contributed by atoms with E-state index in [0.29, 0.717) is 17.3 Å². The first-order valence-corrected chi connectivity index (χ1v) is 8.04. The molecule has 17 heavy (non-hydrogen) atoms. The normalized spacial score (nSPS) is 41.9. The van der Waals surface area contributed by atoms with E-state index in [2.05, 4.69) is 26.1 Å². The summed E-state index contributed by atoms with van der Waals surface area (Å²) in [5.41, 5.74) is 0. The highest BCUT2D eigenvalue weighted by atomic mass is 32.2. The first kappa shape index (κ1) is 13.3. The van der Waals surface area contributed by atoms with E-state index in [9.17, 15) is 0 Å². The zero-order valence-electron chi connectivity index (χ0n) is 11.4. The van der Waals surface area contributed by atoms with Crippen molar-refractivity contribution in [3.05, 3.63) is 0 Å². The molecule has 4 atom stereocenters. The molecule has 1 N–H and O–H groups in total. The van der Waals surface area contributed by atoms with Gasteiger partial charge in [0.15, 0.2) is 5.17 Å². The van der Waals surface area contributed by atoms with Crippen LogP contribution in [0.1, 0.15) is 59.3 Å². The summed E-state index contributed by atoms with van der Waals surface area (Å²) in [6.07, 6.45) is 8.06. The molecule has 1 aliphatic carbocycles. The van der Waals surface area contributed by atoms with Crippen molar-refractivity contribution in [1.82, 2.24) is 5.32 Å². The highest BCUT2D eigenvalue weighted by Gasteiger charge is 2.24. The molecule has 0 bridgehead atoms. The van der Waals surface area contributed by atoms with Crippen LogP contribution in [0.3, 0.4) is 0 Å². The van der Waals surface area contributed by atoms with Gasteiger partial charge in [-0.25, -0.2) is 0 Å². The SMILES string of the molecule is CC1CC(C)SC(=NC2CCCCCC2C)N1. The number of rotatable bonds is 1. The standard InChI is InChI=1S/C14H26N2S/c1-10-7-5-4-6-8-13(10)16-14-15-11(2)9-12(3)17-14/h10-13H,4-9H2,1-3H3,(H,15,16). The quantitative estimate of drug-likeness (QED) is 0.720. The van der Waals surface area contributed by atoms with E-state index in [1.807, 2.05) is 11.8 Å². The van der Waals surface area contributed by atoms with Crippen molar-refractivity contribution >= 4 is 16.9 Å². The summed E-state index contributed by atoms with van der Waals surface area (Å²) in [5.74, 6) is 0.764. The molecule has 1 saturated carbocycles. The smallest absolute Gasteiger partial charge is 0.157 e. The Balaban J connectivity index is 2.00. The van der Waals surface area contributed by atoms with E-state index < -0.39 is 0 Å². The molecule has 0 amide bonds. The van der Waals surface area contributed by atoms with Crippen LogP contribution in [0.25, 0.3) is 0 Å². The summed E-state index contributed by atoms with van der Waals surface area (Å²) in [5, 5.41) is 5.47. The fourth-order valence-electron chi connectivity index (χ4n) is 2.92. The van der Waals surface area contributed by atoms with Gasteiger partial charge in [-0.15, -0.1) is 0 Å². The lowest BCUT2D eigenvalue weighted by atomic mass is 9.98. The third kappa shape index (κ3) is 3.90. The Bertz CT molecular complexity index is 265. The van der Waals surface area contributed by atoms with Gasteiger partial charge in [-0.2, -0.15) is 0 Å². The van der Waals surface area contributed by atoms with Crippen LogP contribution >= 0.6 is 11.8 Å². The average molecular weight is 254 g/mol. The number of hydrogen-bond donors (Lipinski definition) is 1. The number of nitrogens with zero attached hydrogens (tertiary/aromatic N) is 1. The lowest BCUT2D eigenvalue weighted by Crippen LogP contribution is -2.39. The second-order valence-electron chi connectivity index (χ2n) is 5.83. The Kier molecular flexibility index (Phi) is 4.78. The third-order valence-corrected chi connectivity index (χ3v) is 5.01. The number of thioether (sulfide) groups is 1. The topological polar surface area (TPSA) is 24.4 Å². The molecule has 0 spiro atoms. The molecule has 0 aromatic heterocycles. The van der Waals surface area contributed by atoms with Crippen molar-refractivity contribution in [2.45, 2.75) is 76.6 Å². The number of hydrogen-bond acceptors (Lipinski definition) is 2. The summed E-state index contributed by atoms with van der Waals surface area (Å²) >= 11 is 1.93. The van der Waals surface area contributed by atoms with Crippen LogP contribution in [0.4, 0.5) is 0 Å². The maximum Gasteiger partial charge on any atom is 0.157 e. The van der Waals surface area contributed by atoms with Gasteiger partial charge in [-0.05, 0) is 32.1 Å². The Morgan fingerprint density at radius 3 is 2.65 bits per heavy atom. The van der Waals surface area contributed by atoms with E-state index in [4.69, 9.17) is 4.99 Å². The average Bonchev–Trinajstić information content (AvgIpc) is 2.43. The molecule has 0 aromatic carbocycles. The predicted molar refractivity (Wildman–Crippen MR) is 77.7 cm³/mol. The third-order valence-electron chi connectivity index (χ3n) is 3.97. The molecule has 2 aliphatic rings. The fourth-order valence-corrected chi connectivity index (χ4v) is 4.16. The van der Waals surface area contributed by atoms with Crippen LogP contribution in [0.5, 0.6) is 0 Å². The minimum atomic E-state index is 0.560. The van der Waals surface area contributed by atoms with E-state index in [1.165, 1.54) is 43.7 Å². The number of aliphatic imine (C=N–C) groups is 1. The van der Waals surface area contributed by atoms with Gasteiger partial charge in [0.05, 0.1) is 6.04 Å². The summed E-state index contributed by atoms with van der Waals surface area (Å²) in [7, 11) is 0. The molecule has 1 heterocycles.